The van der Waals surface area contributed by atoms with Crippen molar-refractivity contribution in [3.63, 3.8) is 0 Å². The van der Waals surface area contributed by atoms with Crippen molar-refractivity contribution < 1.29 is 9.59 Å². The van der Waals surface area contributed by atoms with E-state index in [0.717, 1.165) is 28.1 Å². The lowest BCUT2D eigenvalue weighted by molar-refractivity contribution is -0.121. The van der Waals surface area contributed by atoms with E-state index in [4.69, 9.17) is 5.10 Å². The van der Waals surface area contributed by atoms with Crippen molar-refractivity contribution in [2.45, 2.75) is 38.0 Å². The van der Waals surface area contributed by atoms with Crippen LogP contribution in [-0.2, 0) is 9.59 Å². The van der Waals surface area contributed by atoms with Crippen LogP contribution >= 0.6 is 11.8 Å². The fourth-order valence-electron chi connectivity index (χ4n) is 4.25. The first-order valence-electron chi connectivity index (χ1n) is 11.6. The molecule has 3 aromatic rings. The zero-order valence-corrected chi connectivity index (χ0v) is 20.5. The number of benzene rings is 3. The Bertz CT molecular complexity index is 1320. The molecule has 0 fully saturated rings. The Hall–Kier alpha value is -3.71. The van der Waals surface area contributed by atoms with E-state index in [1.54, 1.807) is 0 Å². The summed E-state index contributed by atoms with van der Waals surface area (Å²) in [5.41, 5.74) is 6.09. The molecule has 2 aliphatic rings. The van der Waals surface area contributed by atoms with E-state index in [9.17, 15) is 9.59 Å². The Labute approximate surface area is 209 Å². The van der Waals surface area contributed by atoms with Crippen molar-refractivity contribution in [3.05, 3.63) is 101 Å². The summed E-state index contributed by atoms with van der Waals surface area (Å²) in [7, 11) is 0. The molecular formula is C28H26N4O2S. The Kier molecular flexibility index (Phi) is 6.51. The molecule has 0 unspecified atom stereocenters. The number of anilines is 1. The fraction of sp³-hybridized carbons (Fsp3) is 0.214. The fourth-order valence-corrected chi connectivity index (χ4v) is 5.31. The number of carbonyl (C=O) groups excluding carboxylic acids is 2. The predicted molar refractivity (Wildman–Crippen MR) is 142 cm³/mol. The minimum atomic E-state index is -0.565. The van der Waals surface area contributed by atoms with Crippen molar-refractivity contribution in [1.29, 1.82) is 0 Å². The topological polar surface area (TPSA) is 74.1 Å². The Morgan fingerprint density at radius 2 is 1.77 bits per heavy atom. The van der Waals surface area contributed by atoms with Gasteiger partial charge in [0.05, 0.1) is 11.8 Å². The number of hydrazone groups is 1. The van der Waals surface area contributed by atoms with Crippen LogP contribution in [0.2, 0.25) is 0 Å². The first-order valence-corrected chi connectivity index (χ1v) is 12.5. The first kappa shape index (κ1) is 23.1. The summed E-state index contributed by atoms with van der Waals surface area (Å²) < 4.78 is 0. The number of amidine groups is 1. The van der Waals surface area contributed by atoms with Gasteiger partial charge in [-0.3, -0.25) is 9.59 Å². The van der Waals surface area contributed by atoms with Gasteiger partial charge in [-0.2, -0.15) is 10.1 Å². The Morgan fingerprint density at radius 3 is 2.51 bits per heavy atom. The van der Waals surface area contributed by atoms with Gasteiger partial charge >= 0.3 is 0 Å². The van der Waals surface area contributed by atoms with Crippen molar-refractivity contribution in [3.8, 4) is 0 Å². The van der Waals surface area contributed by atoms with Crippen LogP contribution in [-0.4, -0.2) is 33.0 Å². The van der Waals surface area contributed by atoms with E-state index in [1.165, 1.54) is 17.3 Å². The largest absolute Gasteiger partial charge is 0.326 e. The molecule has 0 bridgehead atoms. The normalized spacial score (nSPS) is 19.5. The lowest BCUT2D eigenvalue weighted by Gasteiger charge is -2.23. The summed E-state index contributed by atoms with van der Waals surface area (Å²) >= 11 is 1.31. The third-order valence-electron chi connectivity index (χ3n) is 6.08. The second kappa shape index (κ2) is 9.88. The van der Waals surface area contributed by atoms with Crippen LogP contribution in [0.25, 0.3) is 0 Å². The zero-order valence-electron chi connectivity index (χ0n) is 19.6. The second-order valence-electron chi connectivity index (χ2n) is 8.85. The molecule has 7 heteroatoms. The van der Waals surface area contributed by atoms with Crippen LogP contribution < -0.4 is 5.32 Å². The maximum absolute atomic E-state index is 12.8. The molecule has 0 aromatic heterocycles. The van der Waals surface area contributed by atoms with Gasteiger partial charge in [-0.25, -0.2) is 5.01 Å². The summed E-state index contributed by atoms with van der Waals surface area (Å²) in [6.45, 7) is 4.03. The highest BCUT2D eigenvalue weighted by Gasteiger charge is 2.39. The number of amides is 2. The van der Waals surface area contributed by atoms with Crippen molar-refractivity contribution in [2.24, 2.45) is 10.1 Å². The molecule has 0 spiro atoms. The van der Waals surface area contributed by atoms with Gasteiger partial charge in [-0.1, -0.05) is 84.1 Å². The van der Waals surface area contributed by atoms with Crippen molar-refractivity contribution in [1.82, 2.24) is 5.01 Å². The van der Waals surface area contributed by atoms with Gasteiger partial charge in [0.15, 0.2) is 5.17 Å². The maximum Gasteiger partial charge on any atom is 0.262 e. The van der Waals surface area contributed by atoms with E-state index in [2.05, 4.69) is 53.6 Å². The first-order chi connectivity index (χ1) is 17.0. The molecule has 0 saturated heterocycles. The highest BCUT2D eigenvalue weighted by Crippen LogP contribution is 2.38. The summed E-state index contributed by atoms with van der Waals surface area (Å²) in [6.07, 6.45) is 0.766. The molecular weight excluding hydrogens is 456 g/mol. The van der Waals surface area contributed by atoms with E-state index in [0.29, 0.717) is 11.6 Å². The number of nitrogens with zero attached hydrogens (tertiary/aromatic N) is 3. The van der Waals surface area contributed by atoms with Gasteiger partial charge in [-0.05, 0) is 42.7 Å². The monoisotopic (exact) mass is 482 g/mol. The smallest absolute Gasteiger partial charge is 0.262 e. The van der Waals surface area contributed by atoms with Crippen molar-refractivity contribution >= 4 is 40.1 Å². The van der Waals surface area contributed by atoms with Gasteiger partial charge in [0, 0.05) is 18.5 Å². The minimum Gasteiger partial charge on any atom is -0.326 e. The maximum atomic E-state index is 12.8. The molecule has 2 aliphatic heterocycles. The number of hydrogen-bond donors (Lipinski definition) is 1. The second-order valence-corrected chi connectivity index (χ2v) is 10.0. The lowest BCUT2D eigenvalue weighted by atomic mass is 9.98. The van der Waals surface area contributed by atoms with Crippen LogP contribution in [0.5, 0.6) is 0 Å². The average molecular weight is 483 g/mol. The van der Waals surface area contributed by atoms with Gasteiger partial charge in [0.25, 0.3) is 5.91 Å². The van der Waals surface area contributed by atoms with E-state index in [-0.39, 0.29) is 24.3 Å². The number of thioether (sulfide) groups is 1. The van der Waals surface area contributed by atoms with Gasteiger partial charge in [0.2, 0.25) is 5.91 Å². The Balaban J connectivity index is 1.34. The standard InChI is InChI=1S/C28H26N4O2S/c1-18-11-13-20(14-12-18)23-16-24(21-8-4-3-5-9-21)32(31-23)28-30-27(34)25(35-28)17-26(33)29-22-10-6-7-19(2)15-22/h3-15,24-25H,16-17H2,1-2H3,(H,29,33)/t24-,25-/m1/s1. The molecule has 0 aliphatic carbocycles. The highest BCUT2D eigenvalue weighted by atomic mass is 32.2. The highest BCUT2D eigenvalue weighted by molar-refractivity contribution is 8.15. The number of carbonyl (C=O) groups is 2. The third kappa shape index (κ3) is 5.20. The van der Waals surface area contributed by atoms with E-state index < -0.39 is 5.25 Å². The van der Waals surface area contributed by atoms with Gasteiger partial charge < -0.3 is 5.32 Å². The van der Waals surface area contributed by atoms with Crippen LogP contribution in [0, 0.1) is 13.8 Å². The SMILES string of the molecule is Cc1ccc(C2=NN(C3=NC(=O)[C@@H](CC(=O)Nc4cccc(C)c4)S3)[C@@H](c3ccccc3)C2)cc1. The van der Waals surface area contributed by atoms with Crippen molar-refractivity contribution in [2.75, 3.05) is 5.32 Å². The molecule has 6 nitrogen and oxygen atoms in total. The number of hydrogen-bond acceptors (Lipinski definition) is 5. The third-order valence-corrected chi connectivity index (χ3v) is 7.22. The summed E-state index contributed by atoms with van der Waals surface area (Å²) in [5, 5.41) is 9.61. The molecule has 1 N–H and O–H groups in total. The molecule has 176 valence electrons. The lowest BCUT2D eigenvalue weighted by Crippen LogP contribution is -2.25. The number of aryl methyl sites for hydroxylation is 2. The van der Waals surface area contributed by atoms with E-state index in [1.807, 2.05) is 54.4 Å². The Morgan fingerprint density at radius 1 is 1.00 bits per heavy atom. The molecule has 2 heterocycles. The quantitative estimate of drug-likeness (QED) is 0.523. The molecule has 2 atom stereocenters. The summed E-state index contributed by atoms with van der Waals surface area (Å²) in [5.74, 6) is -0.502. The molecule has 3 aromatic carbocycles. The number of aliphatic imine (C=N–C) groups is 1. The summed E-state index contributed by atoms with van der Waals surface area (Å²) in [4.78, 5) is 29.7. The minimum absolute atomic E-state index is 0.0584. The van der Waals surface area contributed by atoms with Crippen LogP contribution in [0.1, 0.15) is 41.1 Å². The average Bonchev–Trinajstić information content (AvgIpc) is 3.44. The van der Waals surface area contributed by atoms with Crippen LogP contribution in [0.4, 0.5) is 5.69 Å². The molecule has 35 heavy (non-hydrogen) atoms. The summed E-state index contributed by atoms with van der Waals surface area (Å²) in [6, 6.07) is 26.0. The number of rotatable bonds is 5. The zero-order chi connectivity index (χ0) is 24.4. The molecule has 0 saturated carbocycles. The van der Waals surface area contributed by atoms with Crippen LogP contribution in [0.3, 0.4) is 0 Å². The van der Waals surface area contributed by atoms with Gasteiger partial charge in [-0.15, -0.1) is 0 Å². The molecule has 5 rings (SSSR count). The molecule has 2 amide bonds. The molecule has 0 radical (unpaired) electrons. The van der Waals surface area contributed by atoms with Gasteiger partial charge in [0.1, 0.15) is 5.25 Å². The van der Waals surface area contributed by atoms with Crippen LogP contribution in [0.15, 0.2) is 89.0 Å². The predicted octanol–water partition coefficient (Wildman–Crippen LogP) is 5.48. The number of nitrogens with one attached hydrogen (secondary N) is 1. The van der Waals surface area contributed by atoms with E-state index >= 15 is 0 Å².